The van der Waals surface area contributed by atoms with Gasteiger partial charge in [-0.3, -0.25) is 14.6 Å². The van der Waals surface area contributed by atoms with Crippen LogP contribution in [0.25, 0.3) is 0 Å². The van der Waals surface area contributed by atoms with Crippen molar-refractivity contribution >= 4 is 18.0 Å². The van der Waals surface area contributed by atoms with Crippen molar-refractivity contribution in [2.45, 2.75) is 26.2 Å². The van der Waals surface area contributed by atoms with Crippen LogP contribution in [0.1, 0.15) is 34.7 Å². The first-order valence-corrected chi connectivity index (χ1v) is 7.82. The molecule has 0 fully saturated rings. The molecule has 2 rings (SSSR count). The van der Waals surface area contributed by atoms with E-state index in [0.717, 1.165) is 30.7 Å². The van der Waals surface area contributed by atoms with Gasteiger partial charge in [-0.05, 0) is 25.8 Å². The van der Waals surface area contributed by atoms with Crippen molar-refractivity contribution in [3.05, 3.63) is 41.5 Å². The summed E-state index contributed by atoms with van der Waals surface area (Å²) in [6.07, 6.45) is 6.28. The molecule has 0 spiro atoms. The third-order valence-corrected chi connectivity index (χ3v) is 3.76. The fourth-order valence-corrected chi connectivity index (χ4v) is 2.41. The first kappa shape index (κ1) is 17.7. The van der Waals surface area contributed by atoms with E-state index >= 15 is 0 Å². The summed E-state index contributed by atoms with van der Waals surface area (Å²) in [6, 6.07) is 3.58. The Balaban J connectivity index is 1.89. The molecule has 0 aliphatic heterocycles. The van der Waals surface area contributed by atoms with E-state index in [1.165, 1.54) is 11.1 Å². The molecule has 0 aromatic carbocycles. The number of carbonyl (C=O) groups is 2. The predicted octanol–water partition coefficient (Wildman–Crippen LogP) is 2.07. The van der Waals surface area contributed by atoms with Crippen molar-refractivity contribution in [3.63, 3.8) is 0 Å². The lowest BCUT2D eigenvalue weighted by molar-refractivity contribution is -0.107. The molecular formula is C17H22N4O3. The van der Waals surface area contributed by atoms with Crippen LogP contribution in [0, 0.1) is 6.92 Å². The van der Waals surface area contributed by atoms with E-state index in [4.69, 9.17) is 4.52 Å². The normalized spacial score (nSPS) is 10.5. The quantitative estimate of drug-likeness (QED) is 0.547. The molecule has 0 N–H and O–H groups in total. The van der Waals surface area contributed by atoms with Gasteiger partial charge in [-0.15, -0.1) is 0 Å². The summed E-state index contributed by atoms with van der Waals surface area (Å²) < 4.78 is 5.17. The van der Waals surface area contributed by atoms with Gasteiger partial charge in [0.25, 0.3) is 5.91 Å². The zero-order valence-electron chi connectivity index (χ0n) is 14.2. The highest BCUT2D eigenvalue weighted by atomic mass is 16.5. The van der Waals surface area contributed by atoms with Crippen LogP contribution in [-0.4, -0.2) is 48.0 Å². The largest absolute Gasteiger partial charge is 0.361 e. The van der Waals surface area contributed by atoms with Crippen molar-refractivity contribution in [2.75, 3.05) is 25.5 Å². The number of anilines is 1. The highest BCUT2D eigenvalue weighted by Gasteiger charge is 2.17. The molecule has 24 heavy (non-hydrogen) atoms. The van der Waals surface area contributed by atoms with Crippen molar-refractivity contribution in [1.82, 2.24) is 15.0 Å². The van der Waals surface area contributed by atoms with E-state index < -0.39 is 0 Å². The number of hydrogen-bond acceptors (Lipinski definition) is 5. The summed E-state index contributed by atoms with van der Waals surface area (Å²) >= 11 is 0. The molecule has 0 unspecified atom stereocenters. The fourth-order valence-electron chi connectivity index (χ4n) is 2.41. The van der Waals surface area contributed by atoms with Gasteiger partial charge < -0.3 is 14.3 Å². The van der Waals surface area contributed by atoms with E-state index in [1.807, 2.05) is 13.0 Å². The average Bonchev–Trinajstić information content (AvgIpc) is 3.02. The second kappa shape index (κ2) is 8.24. The summed E-state index contributed by atoms with van der Waals surface area (Å²) in [7, 11) is 3.36. The molecule has 0 saturated heterocycles. The van der Waals surface area contributed by atoms with Gasteiger partial charge >= 0.3 is 0 Å². The van der Waals surface area contributed by atoms with Gasteiger partial charge in [0, 0.05) is 45.5 Å². The lowest BCUT2D eigenvalue weighted by Gasteiger charge is -2.20. The molecule has 7 heteroatoms. The van der Waals surface area contributed by atoms with Gasteiger partial charge in [0.1, 0.15) is 5.76 Å². The van der Waals surface area contributed by atoms with Crippen LogP contribution < -0.4 is 4.90 Å². The molecule has 2 amide bonds. The highest BCUT2D eigenvalue weighted by Crippen LogP contribution is 2.18. The minimum absolute atomic E-state index is 0.151. The molecule has 2 aromatic rings. The first-order valence-electron chi connectivity index (χ1n) is 7.82. The van der Waals surface area contributed by atoms with Crippen molar-refractivity contribution in [1.29, 1.82) is 0 Å². The maximum absolute atomic E-state index is 12.6. The third kappa shape index (κ3) is 4.41. The molecule has 0 radical (unpaired) electrons. The minimum atomic E-state index is -0.151. The van der Waals surface area contributed by atoms with Crippen LogP contribution in [0.5, 0.6) is 0 Å². The van der Waals surface area contributed by atoms with Crippen LogP contribution in [0.4, 0.5) is 5.69 Å². The van der Waals surface area contributed by atoms with Crippen molar-refractivity contribution in [2.24, 2.45) is 0 Å². The van der Waals surface area contributed by atoms with Crippen molar-refractivity contribution < 1.29 is 14.1 Å². The molecular weight excluding hydrogens is 308 g/mol. The van der Waals surface area contributed by atoms with E-state index in [2.05, 4.69) is 10.1 Å². The highest BCUT2D eigenvalue weighted by molar-refractivity contribution is 6.01. The smallest absolute Gasteiger partial charge is 0.257 e. The Hall–Kier alpha value is -2.70. The number of aryl methyl sites for hydroxylation is 2. The monoisotopic (exact) mass is 330 g/mol. The summed E-state index contributed by atoms with van der Waals surface area (Å²) in [6.45, 7) is 2.51. The van der Waals surface area contributed by atoms with E-state index in [0.29, 0.717) is 24.2 Å². The number of rotatable bonds is 8. The van der Waals surface area contributed by atoms with Gasteiger partial charge in [0.2, 0.25) is 6.41 Å². The Morgan fingerprint density at radius 1 is 1.33 bits per heavy atom. The summed E-state index contributed by atoms with van der Waals surface area (Å²) in [5, 5.41) is 3.85. The number of aromatic nitrogens is 2. The summed E-state index contributed by atoms with van der Waals surface area (Å²) in [4.78, 5) is 30.5. The van der Waals surface area contributed by atoms with Crippen molar-refractivity contribution in [3.8, 4) is 0 Å². The molecule has 0 bridgehead atoms. The van der Waals surface area contributed by atoms with Crippen LogP contribution in [0.2, 0.25) is 0 Å². The molecule has 2 heterocycles. The summed E-state index contributed by atoms with van der Waals surface area (Å²) in [5.41, 5.74) is 1.84. The second-order valence-corrected chi connectivity index (χ2v) is 5.73. The molecule has 0 saturated carbocycles. The fraction of sp³-hybridized carbons (Fsp3) is 0.412. The number of unbranched alkanes of at least 4 members (excludes halogenated alkanes) is 1. The number of hydrogen-bond donors (Lipinski definition) is 0. The van der Waals surface area contributed by atoms with Crippen LogP contribution in [0.15, 0.2) is 29.0 Å². The Labute approximate surface area is 141 Å². The van der Waals surface area contributed by atoms with Gasteiger partial charge in [-0.1, -0.05) is 5.16 Å². The zero-order valence-corrected chi connectivity index (χ0v) is 14.2. The molecule has 7 nitrogen and oxygen atoms in total. The number of nitrogens with zero attached hydrogens (tertiary/aromatic N) is 4. The Morgan fingerprint density at radius 3 is 2.79 bits per heavy atom. The Kier molecular flexibility index (Phi) is 6.06. The van der Waals surface area contributed by atoms with Gasteiger partial charge in [0.15, 0.2) is 0 Å². The Morgan fingerprint density at radius 2 is 2.12 bits per heavy atom. The number of pyridine rings is 1. The molecule has 2 aromatic heterocycles. The van der Waals surface area contributed by atoms with E-state index in [9.17, 15) is 9.59 Å². The topological polar surface area (TPSA) is 79.5 Å². The van der Waals surface area contributed by atoms with Crippen LogP contribution in [0.3, 0.4) is 0 Å². The van der Waals surface area contributed by atoms with Gasteiger partial charge in [-0.2, -0.15) is 0 Å². The minimum Gasteiger partial charge on any atom is -0.361 e. The molecule has 128 valence electrons. The third-order valence-electron chi connectivity index (χ3n) is 3.76. The summed E-state index contributed by atoms with van der Waals surface area (Å²) in [5.74, 6) is 0.714. The van der Waals surface area contributed by atoms with Gasteiger partial charge in [0.05, 0.1) is 16.9 Å². The SMILES string of the molecule is Cc1cc(CCCCN(C)C(=O)c2cnccc2N(C)C=O)on1. The number of carbonyl (C=O) groups excluding carboxylic acids is 2. The van der Waals surface area contributed by atoms with Crippen LogP contribution in [-0.2, 0) is 11.2 Å². The Bertz CT molecular complexity index is 699. The van der Waals surface area contributed by atoms with E-state index in [-0.39, 0.29) is 5.91 Å². The van der Waals surface area contributed by atoms with Crippen LogP contribution >= 0.6 is 0 Å². The maximum atomic E-state index is 12.6. The predicted molar refractivity (Wildman–Crippen MR) is 89.8 cm³/mol. The first-order chi connectivity index (χ1) is 11.5. The molecule has 0 aliphatic carbocycles. The standard InChI is InChI=1S/C17H22N4O3/c1-13-10-14(24-19-13)6-4-5-9-20(2)17(23)15-11-18-8-7-16(15)21(3)12-22/h7-8,10-12H,4-6,9H2,1-3H3. The molecule has 0 atom stereocenters. The lowest BCUT2D eigenvalue weighted by atomic mass is 10.1. The van der Waals surface area contributed by atoms with Gasteiger partial charge in [-0.25, -0.2) is 0 Å². The van der Waals surface area contributed by atoms with E-state index in [1.54, 1.807) is 31.3 Å². The second-order valence-electron chi connectivity index (χ2n) is 5.73. The number of amides is 2. The average molecular weight is 330 g/mol. The zero-order chi connectivity index (χ0) is 17.5. The maximum Gasteiger partial charge on any atom is 0.257 e. The molecule has 0 aliphatic rings. The lowest BCUT2D eigenvalue weighted by Crippen LogP contribution is -2.30.